The van der Waals surface area contributed by atoms with Crippen LogP contribution in [0.4, 0.5) is 0 Å². The maximum absolute atomic E-state index is 9.82. The van der Waals surface area contributed by atoms with E-state index in [1.807, 2.05) is 19.9 Å². The van der Waals surface area contributed by atoms with E-state index < -0.39 is 0 Å². The summed E-state index contributed by atoms with van der Waals surface area (Å²) in [4.78, 5) is 0. The minimum Gasteiger partial charge on any atom is -0.504 e. The van der Waals surface area contributed by atoms with E-state index in [1.165, 1.54) is 0 Å². The van der Waals surface area contributed by atoms with E-state index in [1.54, 1.807) is 13.2 Å². The van der Waals surface area contributed by atoms with Crippen molar-refractivity contribution >= 4 is 0 Å². The Hall–Kier alpha value is -1.22. The highest BCUT2D eigenvalue weighted by molar-refractivity contribution is 5.56. The third kappa shape index (κ3) is 1.47. The first-order valence-electron chi connectivity index (χ1n) is 5.65. The van der Waals surface area contributed by atoms with Crippen LogP contribution in [0.3, 0.4) is 0 Å². The van der Waals surface area contributed by atoms with Crippen molar-refractivity contribution in [2.75, 3.05) is 7.11 Å². The van der Waals surface area contributed by atoms with Crippen molar-refractivity contribution in [3.8, 4) is 11.5 Å². The Balaban J connectivity index is 2.59. The minimum atomic E-state index is 0.00810. The first-order valence-corrected chi connectivity index (χ1v) is 5.65. The molecule has 3 heteroatoms. The number of ether oxygens (including phenoxy) is 1. The number of phenolic OH excluding ortho intramolecular Hbond substituents is 1. The number of hydrogen-bond acceptors (Lipinski definition) is 3. The van der Waals surface area contributed by atoms with Gasteiger partial charge in [0.15, 0.2) is 11.5 Å². The molecule has 16 heavy (non-hydrogen) atoms. The standard InChI is InChI=1S/C13H19NO2/c1-8-4-5-10(15)12(16-3)11(8)13(6-7-13)9(2)14/h4-5,9,15H,6-7,14H2,1-3H3. The highest BCUT2D eigenvalue weighted by atomic mass is 16.5. The largest absolute Gasteiger partial charge is 0.504 e. The maximum Gasteiger partial charge on any atom is 0.164 e. The molecule has 1 aromatic carbocycles. The number of hydrogen-bond donors (Lipinski definition) is 2. The molecule has 0 heterocycles. The molecule has 3 N–H and O–H groups in total. The van der Waals surface area contributed by atoms with Gasteiger partial charge in [-0.3, -0.25) is 0 Å². The van der Waals surface area contributed by atoms with E-state index in [0.29, 0.717) is 5.75 Å². The van der Waals surface area contributed by atoms with E-state index in [9.17, 15) is 5.11 Å². The van der Waals surface area contributed by atoms with Gasteiger partial charge in [-0.15, -0.1) is 0 Å². The van der Waals surface area contributed by atoms with Crippen LogP contribution in [0.15, 0.2) is 12.1 Å². The van der Waals surface area contributed by atoms with Crippen molar-refractivity contribution in [2.24, 2.45) is 5.73 Å². The van der Waals surface area contributed by atoms with Gasteiger partial charge in [0.2, 0.25) is 0 Å². The van der Waals surface area contributed by atoms with Gasteiger partial charge in [-0.1, -0.05) is 6.07 Å². The van der Waals surface area contributed by atoms with Crippen LogP contribution < -0.4 is 10.5 Å². The molecule has 1 aromatic rings. The quantitative estimate of drug-likeness (QED) is 0.821. The molecule has 88 valence electrons. The molecule has 1 atom stereocenters. The summed E-state index contributed by atoms with van der Waals surface area (Å²) in [5.74, 6) is 0.796. The fourth-order valence-corrected chi connectivity index (χ4v) is 2.56. The highest BCUT2D eigenvalue weighted by Crippen LogP contribution is 2.55. The average Bonchev–Trinajstić information content (AvgIpc) is 3.02. The van der Waals surface area contributed by atoms with E-state index in [2.05, 4.69) is 0 Å². The number of methoxy groups -OCH3 is 1. The van der Waals surface area contributed by atoms with Crippen molar-refractivity contribution in [3.63, 3.8) is 0 Å². The van der Waals surface area contributed by atoms with Gasteiger partial charge >= 0.3 is 0 Å². The Morgan fingerprint density at radius 1 is 1.44 bits per heavy atom. The molecule has 1 aliphatic carbocycles. The molecule has 1 unspecified atom stereocenters. The van der Waals surface area contributed by atoms with Crippen molar-refractivity contribution in [1.29, 1.82) is 0 Å². The molecule has 1 fully saturated rings. The Morgan fingerprint density at radius 3 is 2.50 bits per heavy atom. The molecule has 2 rings (SSSR count). The Morgan fingerprint density at radius 2 is 2.06 bits per heavy atom. The lowest BCUT2D eigenvalue weighted by molar-refractivity contribution is 0.361. The van der Waals surface area contributed by atoms with Crippen molar-refractivity contribution in [3.05, 3.63) is 23.3 Å². The van der Waals surface area contributed by atoms with Crippen LogP contribution in [0.25, 0.3) is 0 Å². The van der Waals surface area contributed by atoms with Crippen molar-refractivity contribution in [2.45, 2.75) is 38.1 Å². The topological polar surface area (TPSA) is 55.5 Å². The van der Waals surface area contributed by atoms with Gasteiger partial charge in [0, 0.05) is 17.0 Å². The summed E-state index contributed by atoms with van der Waals surface area (Å²) in [5.41, 5.74) is 8.31. The molecule has 0 aliphatic heterocycles. The summed E-state index contributed by atoms with van der Waals surface area (Å²) in [6.45, 7) is 4.07. The third-order valence-corrected chi connectivity index (χ3v) is 3.71. The van der Waals surface area contributed by atoms with Crippen LogP contribution in [0, 0.1) is 6.92 Å². The van der Waals surface area contributed by atoms with Crippen LogP contribution in [0.2, 0.25) is 0 Å². The predicted molar refractivity (Wildman–Crippen MR) is 64.0 cm³/mol. The molecule has 3 nitrogen and oxygen atoms in total. The van der Waals surface area contributed by atoms with Crippen LogP contribution >= 0.6 is 0 Å². The van der Waals surface area contributed by atoms with Gasteiger partial charge in [-0.2, -0.15) is 0 Å². The van der Waals surface area contributed by atoms with Gasteiger partial charge < -0.3 is 15.6 Å². The summed E-state index contributed by atoms with van der Waals surface area (Å²) in [6, 6.07) is 3.69. The van der Waals surface area contributed by atoms with Crippen LogP contribution in [-0.2, 0) is 5.41 Å². The molecule has 1 saturated carbocycles. The first-order chi connectivity index (χ1) is 7.53. The SMILES string of the molecule is COc1c(O)ccc(C)c1C1(C(C)N)CC1. The number of rotatable bonds is 3. The third-order valence-electron chi connectivity index (χ3n) is 3.71. The fourth-order valence-electron chi connectivity index (χ4n) is 2.56. The van der Waals surface area contributed by atoms with E-state index in [0.717, 1.165) is 24.0 Å². The van der Waals surface area contributed by atoms with E-state index in [4.69, 9.17) is 10.5 Å². The maximum atomic E-state index is 9.82. The lowest BCUT2D eigenvalue weighted by Crippen LogP contribution is -2.32. The Kier molecular flexibility index (Phi) is 2.58. The van der Waals surface area contributed by atoms with Crippen molar-refractivity contribution < 1.29 is 9.84 Å². The van der Waals surface area contributed by atoms with Gasteiger partial charge in [0.05, 0.1) is 7.11 Å². The lowest BCUT2D eigenvalue weighted by Gasteiger charge is -2.25. The van der Waals surface area contributed by atoms with Crippen LogP contribution in [-0.4, -0.2) is 18.3 Å². The van der Waals surface area contributed by atoms with Crippen LogP contribution in [0.1, 0.15) is 30.9 Å². The number of nitrogens with two attached hydrogens (primary N) is 1. The number of benzene rings is 1. The molecule has 0 aromatic heterocycles. The monoisotopic (exact) mass is 221 g/mol. The minimum absolute atomic E-state index is 0.00810. The molecule has 1 aliphatic rings. The second kappa shape index (κ2) is 3.67. The molecule has 0 saturated heterocycles. The van der Waals surface area contributed by atoms with Gasteiger partial charge in [0.1, 0.15) is 0 Å². The molecule has 0 radical (unpaired) electrons. The fraction of sp³-hybridized carbons (Fsp3) is 0.538. The summed E-state index contributed by atoms with van der Waals surface area (Å²) in [5, 5.41) is 9.82. The van der Waals surface area contributed by atoms with Crippen molar-refractivity contribution in [1.82, 2.24) is 0 Å². The number of phenols is 1. The summed E-state index contributed by atoms with van der Waals surface area (Å²) in [7, 11) is 1.59. The predicted octanol–water partition coefficient (Wildman–Crippen LogP) is 2.09. The molecular formula is C13H19NO2. The highest BCUT2D eigenvalue weighted by Gasteiger charge is 2.50. The normalized spacial score (nSPS) is 19.2. The smallest absolute Gasteiger partial charge is 0.164 e. The Bertz CT molecular complexity index is 409. The van der Waals surface area contributed by atoms with Gasteiger partial charge in [-0.25, -0.2) is 0 Å². The molecule has 0 amide bonds. The zero-order chi connectivity index (χ0) is 11.9. The zero-order valence-corrected chi connectivity index (χ0v) is 10.1. The van der Waals surface area contributed by atoms with Gasteiger partial charge in [-0.05, 0) is 38.3 Å². The van der Waals surface area contributed by atoms with E-state index >= 15 is 0 Å². The second-order valence-electron chi connectivity index (χ2n) is 4.75. The zero-order valence-electron chi connectivity index (χ0n) is 10.1. The summed E-state index contributed by atoms with van der Waals surface area (Å²) < 4.78 is 5.33. The number of aryl methyl sites for hydroxylation is 1. The second-order valence-corrected chi connectivity index (χ2v) is 4.75. The van der Waals surface area contributed by atoms with Crippen LogP contribution in [0.5, 0.6) is 11.5 Å². The molecule has 0 bridgehead atoms. The first kappa shape index (κ1) is 11.3. The van der Waals surface area contributed by atoms with E-state index in [-0.39, 0.29) is 17.2 Å². The lowest BCUT2D eigenvalue weighted by atomic mass is 9.85. The molecular weight excluding hydrogens is 202 g/mol. The van der Waals surface area contributed by atoms with Gasteiger partial charge in [0.25, 0.3) is 0 Å². The summed E-state index contributed by atoms with van der Waals surface area (Å²) >= 11 is 0. The number of aromatic hydroxyl groups is 1. The average molecular weight is 221 g/mol. The Labute approximate surface area is 96.2 Å². The summed E-state index contributed by atoms with van der Waals surface area (Å²) in [6.07, 6.45) is 2.15. The molecule has 0 spiro atoms.